The van der Waals surface area contributed by atoms with Gasteiger partial charge in [0.1, 0.15) is 0 Å². The summed E-state index contributed by atoms with van der Waals surface area (Å²) in [4.78, 5) is 11.0. The topological polar surface area (TPSA) is 57.5 Å². The first-order chi connectivity index (χ1) is 5.59. The minimum atomic E-state index is -1.33. The van der Waals surface area contributed by atoms with Gasteiger partial charge in [0.25, 0.3) is 0 Å². The highest BCUT2D eigenvalue weighted by atomic mass is 35.5. The van der Waals surface area contributed by atoms with Crippen LogP contribution in [0.25, 0.3) is 0 Å². The third-order valence-corrected chi connectivity index (χ3v) is 2.56. The van der Waals surface area contributed by atoms with Crippen molar-refractivity contribution < 1.29 is 15.0 Å². The number of aliphatic carboxylic acids is 1. The van der Waals surface area contributed by atoms with Crippen LogP contribution in [0.5, 0.6) is 0 Å². The number of rotatable bonds is 3. The number of carboxylic acids is 1. The van der Waals surface area contributed by atoms with Crippen LogP contribution in [0.3, 0.4) is 0 Å². The number of halogens is 1. The third-order valence-electron chi connectivity index (χ3n) is 1.31. The first kappa shape index (κ1) is 9.51. The van der Waals surface area contributed by atoms with Gasteiger partial charge in [0.05, 0.1) is 4.34 Å². The van der Waals surface area contributed by atoms with Crippen LogP contribution in [-0.2, 0) is 11.2 Å². The van der Waals surface area contributed by atoms with Gasteiger partial charge >= 0.3 is 5.97 Å². The van der Waals surface area contributed by atoms with Crippen molar-refractivity contribution in [3.8, 4) is 0 Å². The summed E-state index contributed by atoms with van der Waals surface area (Å²) in [5, 5.41) is 17.3. The van der Waals surface area contributed by atoms with Gasteiger partial charge in [-0.25, -0.2) is 4.79 Å². The molecular formula is C7H7ClO3S. The van der Waals surface area contributed by atoms with E-state index in [4.69, 9.17) is 21.8 Å². The Hall–Kier alpha value is -0.580. The Morgan fingerprint density at radius 2 is 2.33 bits per heavy atom. The summed E-state index contributed by atoms with van der Waals surface area (Å²) in [5.41, 5.74) is 0. The summed E-state index contributed by atoms with van der Waals surface area (Å²) in [6, 6.07) is 3.38. The smallest absolute Gasteiger partial charge is 0.332 e. The molecule has 0 aromatic carbocycles. The van der Waals surface area contributed by atoms with Gasteiger partial charge < -0.3 is 10.2 Å². The van der Waals surface area contributed by atoms with Crippen molar-refractivity contribution in [2.45, 2.75) is 12.5 Å². The molecule has 3 nitrogen and oxygen atoms in total. The van der Waals surface area contributed by atoms with Crippen LogP contribution in [0.1, 0.15) is 4.88 Å². The maximum atomic E-state index is 10.2. The van der Waals surface area contributed by atoms with Gasteiger partial charge in [-0.1, -0.05) is 11.6 Å². The van der Waals surface area contributed by atoms with Gasteiger partial charge in [0.15, 0.2) is 6.10 Å². The minimum absolute atomic E-state index is 0.118. The van der Waals surface area contributed by atoms with Crippen LogP contribution in [-0.4, -0.2) is 22.3 Å². The molecule has 0 bridgehead atoms. The molecule has 0 radical (unpaired) electrons. The molecule has 1 aromatic heterocycles. The van der Waals surface area contributed by atoms with Crippen molar-refractivity contribution in [2.24, 2.45) is 0 Å². The van der Waals surface area contributed by atoms with E-state index in [1.54, 1.807) is 12.1 Å². The van der Waals surface area contributed by atoms with Crippen LogP contribution in [0.4, 0.5) is 0 Å². The molecule has 5 heteroatoms. The van der Waals surface area contributed by atoms with Crippen LogP contribution >= 0.6 is 22.9 Å². The molecule has 0 saturated heterocycles. The van der Waals surface area contributed by atoms with Crippen LogP contribution in [0, 0.1) is 0 Å². The fraction of sp³-hybridized carbons (Fsp3) is 0.286. The second-order valence-corrected chi connectivity index (χ2v) is 4.06. The Balaban J connectivity index is 2.58. The van der Waals surface area contributed by atoms with Crippen molar-refractivity contribution in [1.82, 2.24) is 0 Å². The van der Waals surface area contributed by atoms with Gasteiger partial charge in [0, 0.05) is 11.3 Å². The van der Waals surface area contributed by atoms with Gasteiger partial charge in [-0.05, 0) is 12.1 Å². The fourth-order valence-corrected chi connectivity index (χ4v) is 1.86. The first-order valence-electron chi connectivity index (χ1n) is 3.24. The number of hydrogen-bond acceptors (Lipinski definition) is 3. The molecule has 0 fully saturated rings. The van der Waals surface area contributed by atoms with Gasteiger partial charge in [0.2, 0.25) is 0 Å². The number of carbonyl (C=O) groups is 1. The fourth-order valence-electron chi connectivity index (χ4n) is 0.739. The predicted octanol–water partition coefficient (Wildman–Crippen LogP) is 1.39. The Bertz CT molecular complexity index is 284. The molecule has 1 heterocycles. The van der Waals surface area contributed by atoms with Gasteiger partial charge in [-0.3, -0.25) is 0 Å². The number of aliphatic hydroxyl groups is 1. The zero-order valence-electron chi connectivity index (χ0n) is 6.03. The first-order valence-corrected chi connectivity index (χ1v) is 4.44. The summed E-state index contributed by atoms with van der Waals surface area (Å²) >= 11 is 6.89. The van der Waals surface area contributed by atoms with E-state index >= 15 is 0 Å². The molecule has 1 aromatic rings. The maximum Gasteiger partial charge on any atom is 0.332 e. The Morgan fingerprint density at radius 1 is 1.67 bits per heavy atom. The SMILES string of the molecule is O=C(O)C(O)Cc1ccc(Cl)s1. The monoisotopic (exact) mass is 206 g/mol. The standard InChI is InChI=1S/C7H7ClO3S/c8-6-2-1-4(12-6)3-5(9)7(10)11/h1-2,5,9H,3H2,(H,10,11). The summed E-state index contributed by atoms with van der Waals surface area (Å²) in [6.45, 7) is 0. The quantitative estimate of drug-likeness (QED) is 0.786. The van der Waals surface area contributed by atoms with Crippen molar-refractivity contribution in [3.05, 3.63) is 21.3 Å². The number of hydrogen-bond donors (Lipinski definition) is 2. The molecule has 1 unspecified atom stereocenters. The zero-order chi connectivity index (χ0) is 9.14. The molecule has 2 N–H and O–H groups in total. The lowest BCUT2D eigenvalue weighted by atomic mass is 10.2. The Kier molecular flexibility index (Phi) is 3.08. The average molecular weight is 207 g/mol. The van der Waals surface area contributed by atoms with Crippen molar-refractivity contribution >= 4 is 28.9 Å². The lowest BCUT2D eigenvalue weighted by Gasteiger charge is -2.01. The number of carboxylic acid groups (broad SMARTS) is 1. The van der Waals surface area contributed by atoms with Crippen LogP contribution in [0.15, 0.2) is 12.1 Å². The summed E-state index contributed by atoms with van der Waals surface area (Å²) in [5.74, 6) is -1.21. The van der Waals surface area contributed by atoms with Crippen LogP contribution < -0.4 is 0 Å². The molecule has 0 aliphatic carbocycles. The van der Waals surface area contributed by atoms with E-state index in [9.17, 15) is 4.79 Å². The molecule has 66 valence electrons. The van der Waals surface area contributed by atoms with E-state index in [1.165, 1.54) is 11.3 Å². The summed E-state index contributed by atoms with van der Waals surface area (Å²) < 4.78 is 0.600. The molecule has 0 amide bonds. The summed E-state index contributed by atoms with van der Waals surface area (Å²) in [6.07, 6.45) is -1.22. The second-order valence-electron chi connectivity index (χ2n) is 2.26. The molecule has 0 saturated carbocycles. The van der Waals surface area contributed by atoms with E-state index in [1.807, 2.05) is 0 Å². The normalized spacial score (nSPS) is 12.8. The highest BCUT2D eigenvalue weighted by Crippen LogP contribution is 2.22. The Labute approximate surface area is 78.2 Å². The zero-order valence-corrected chi connectivity index (χ0v) is 7.60. The Morgan fingerprint density at radius 3 is 2.75 bits per heavy atom. The lowest BCUT2D eigenvalue weighted by molar-refractivity contribution is -0.146. The van der Waals surface area contributed by atoms with Crippen molar-refractivity contribution in [1.29, 1.82) is 0 Å². The van der Waals surface area contributed by atoms with Gasteiger partial charge in [-0.2, -0.15) is 0 Å². The predicted molar refractivity (Wildman–Crippen MR) is 46.7 cm³/mol. The molecule has 0 aliphatic rings. The molecule has 1 atom stereocenters. The molecule has 12 heavy (non-hydrogen) atoms. The van der Waals surface area contributed by atoms with E-state index in [-0.39, 0.29) is 6.42 Å². The molecule has 0 spiro atoms. The summed E-state index contributed by atoms with van der Waals surface area (Å²) in [7, 11) is 0. The van der Waals surface area contributed by atoms with E-state index in [0.29, 0.717) is 4.34 Å². The number of aliphatic hydroxyl groups excluding tert-OH is 1. The molecular weight excluding hydrogens is 200 g/mol. The third kappa shape index (κ3) is 2.48. The minimum Gasteiger partial charge on any atom is -0.479 e. The van der Waals surface area contributed by atoms with E-state index < -0.39 is 12.1 Å². The van der Waals surface area contributed by atoms with Crippen molar-refractivity contribution in [3.63, 3.8) is 0 Å². The number of thiophene rings is 1. The van der Waals surface area contributed by atoms with E-state index in [2.05, 4.69) is 0 Å². The lowest BCUT2D eigenvalue weighted by Crippen LogP contribution is -2.21. The van der Waals surface area contributed by atoms with E-state index in [0.717, 1.165) is 4.88 Å². The van der Waals surface area contributed by atoms with Crippen molar-refractivity contribution in [2.75, 3.05) is 0 Å². The second kappa shape index (κ2) is 3.89. The highest BCUT2D eigenvalue weighted by Gasteiger charge is 2.14. The molecule has 0 aliphatic heterocycles. The molecule has 1 rings (SSSR count). The van der Waals surface area contributed by atoms with Crippen LogP contribution in [0.2, 0.25) is 4.34 Å². The maximum absolute atomic E-state index is 10.2. The largest absolute Gasteiger partial charge is 0.479 e. The average Bonchev–Trinajstić information content (AvgIpc) is 2.35. The van der Waals surface area contributed by atoms with Gasteiger partial charge in [-0.15, -0.1) is 11.3 Å². The highest BCUT2D eigenvalue weighted by molar-refractivity contribution is 7.16.